The first-order valence-corrected chi connectivity index (χ1v) is 13.8. The van der Waals surface area contributed by atoms with Crippen LogP contribution in [0.15, 0.2) is 97.1 Å². The molecule has 0 aliphatic heterocycles. The molecule has 6 aromatic rings. The van der Waals surface area contributed by atoms with E-state index in [4.69, 9.17) is 21.3 Å². The second-order valence-corrected chi connectivity index (χ2v) is 10.6. The van der Waals surface area contributed by atoms with Crippen molar-refractivity contribution in [3.63, 3.8) is 0 Å². The van der Waals surface area contributed by atoms with Crippen molar-refractivity contribution >= 4 is 22.6 Å². The number of hydrogen-bond acceptors (Lipinski definition) is 3. The highest BCUT2D eigenvalue weighted by Gasteiger charge is 2.36. The number of rotatable bonds is 6. The third kappa shape index (κ3) is 5.70. The minimum absolute atomic E-state index is 0.0811. The molecule has 0 aliphatic rings. The molecule has 2 heterocycles. The molecule has 43 heavy (non-hydrogen) atoms. The van der Waals surface area contributed by atoms with Crippen LogP contribution in [0.2, 0.25) is 5.02 Å². The number of pyridine rings is 1. The number of ether oxygens (including phenoxy) is 1. The van der Waals surface area contributed by atoms with Gasteiger partial charge >= 0.3 is 6.18 Å². The van der Waals surface area contributed by atoms with Crippen molar-refractivity contribution in [1.82, 2.24) is 14.8 Å². The van der Waals surface area contributed by atoms with E-state index in [0.717, 1.165) is 17.2 Å². The van der Waals surface area contributed by atoms with Crippen molar-refractivity contribution in [3.05, 3.63) is 130 Å². The number of aromatic nitrogens is 3. The van der Waals surface area contributed by atoms with Crippen LogP contribution in [-0.2, 0) is 12.8 Å². The number of benzene rings is 4. The minimum Gasteiger partial charge on any atom is -0.489 e. The van der Waals surface area contributed by atoms with Gasteiger partial charge in [-0.15, -0.1) is 0 Å². The Labute approximate surface area is 250 Å². The molecule has 0 radical (unpaired) electrons. The van der Waals surface area contributed by atoms with Crippen LogP contribution in [0, 0.1) is 19.7 Å². The molecule has 0 fully saturated rings. The van der Waals surface area contributed by atoms with Crippen LogP contribution in [0.5, 0.6) is 5.75 Å². The van der Waals surface area contributed by atoms with E-state index in [0.29, 0.717) is 22.6 Å². The van der Waals surface area contributed by atoms with Crippen LogP contribution in [-0.4, -0.2) is 14.8 Å². The van der Waals surface area contributed by atoms with Gasteiger partial charge in [0.1, 0.15) is 23.9 Å². The van der Waals surface area contributed by atoms with E-state index >= 15 is 0 Å². The van der Waals surface area contributed by atoms with Gasteiger partial charge in [0, 0.05) is 16.7 Å². The SMILES string of the molecule is Cc1ccc(-c2nn(-c3ccc(C)cc3)c3nc(-c4ccc(OCc5c(F)cccc5Cl)cc4)cc(C(F)(F)F)c23)cc1. The van der Waals surface area contributed by atoms with Gasteiger partial charge in [-0.1, -0.05) is 65.2 Å². The van der Waals surface area contributed by atoms with E-state index in [1.54, 1.807) is 54.6 Å². The van der Waals surface area contributed by atoms with Gasteiger partial charge in [0.05, 0.1) is 27.4 Å². The van der Waals surface area contributed by atoms with Gasteiger partial charge < -0.3 is 4.74 Å². The quantitative estimate of drug-likeness (QED) is 0.178. The third-order valence-corrected chi connectivity index (χ3v) is 7.50. The van der Waals surface area contributed by atoms with E-state index in [2.05, 4.69) is 5.10 Å². The Bertz CT molecular complexity index is 1910. The van der Waals surface area contributed by atoms with Crippen molar-refractivity contribution in [2.24, 2.45) is 0 Å². The summed E-state index contributed by atoms with van der Waals surface area (Å²) < 4.78 is 65.4. The maximum Gasteiger partial charge on any atom is 0.417 e. The number of nitrogens with zero attached hydrogens (tertiary/aromatic N) is 3. The molecular weight excluding hydrogens is 578 g/mol. The second-order valence-electron chi connectivity index (χ2n) is 10.2. The Morgan fingerprint density at radius 1 is 0.814 bits per heavy atom. The van der Waals surface area contributed by atoms with Crippen LogP contribution >= 0.6 is 11.6 Å². The Hall–Kier alpha value is -4.69. The summed E-state index contributed by atoms with van der Waals surface area (Å²) in [5.41, 5.74) is 3.33. The normalized spacial score (nSPS) is 11.7. The summed E-state index contributed by atoms with van der Waals surface area (Å²) in [6.45, 7) is 3.73. The summed E-state index contributed by atoms with van der Waals surface area (Å²) in [6, 6.07) is 26.4. The topological polar surface area (TPSA) is 39.9 Å². The largest absolute Gasteiger partial charge is 0.489 e. The Morgan fingerprint density at radius 3 is 2.07 bits per heavy atom. The molecule has 0 aliphatic carbocycles. The van der Waals surface area contributed by atoms with Gasteiger partial charge in [0.15, 0.2) is 5.65 Å². The fourth-order valence-electron chi connectivity index (χ4n) is 4.81. The second kappa shape index (κ2) is 11.2. The zero-order valence-electron chi connectivity index (χ0n) is 23.1. The standard InChI is InChI=1S/C34H24ClF4N3O/c1-20-6-10-23(11-7-20)32-31-27(34(37,38)39)18-30(40-33(31)42(41-32)24-14-8-21(2)9-15-24)22-12-16-25(17-13-22)43-19-26-28(35)4-3-5-29(26)36/h3-18H,19H2,1-2H3. The Balaban J connectivity index is 1.47. The van der Waals surface area contributed by atoms with Gasteiger partial charge in [0.2, 0.25) is 0 Å². The number of halogens is 5. The molecular formula is C34H24ClF4N3O. The molecule has 0 saturated heterocycles. The molecule has 4 nitrogen and oxygen atoms in total. The lowest BCUT2D eigenvalue weighted by Gasteiger charge is -2.13. The predicted octanol–water partition coefficient (Wildman–Crippen LogP) is 9.76. The fraction of sp³-hybridized carbons (Fsp3) is 0.118. The van der Waals surface area contributed by atoms with Crippen LogP contribution in [0.3, 0.4) is 0 Å². The minimum atomic E-state index is -4.68. The van der Waals surface area contributed by atoms with Crippen LogP contribution < -0.4 is 4.74 Å². The van der Waals surface area contributed by atoms with Crippen molar-refractivity contribution in [2.45, 2.75) is 26.6 Å². The van der Waals surface area contributed by atoms with Gasteiger partial charge in [-0.2, -0.15) is 18.3 Å². The summed E-state index contributed by atoms with van der Waals surface area (Å²) in [6.07, 6.45) is -4.68. The van der Waals surface area contributed by atoms with E-state index in [-0.39, 0.29) is 39.6 Å². The molecule has 0 bridgehead atoms. The third-order valence-electron chi connectivity index (χ3n) is 7.14. The molecule has 2 aromatic heterocycles. The van der Waals surface area contributed by atoms with Crippen molar-refractivity contribution < 1.29 is 22.3 Å². The number of aryl methyl sites for hydroxylation is 2. The first-order chi connectivity index (χ1) is 20.6. The molecule has 0 amide bonds. The van der Waals surface area contributed by atoms with Crippen molar-refractivity contribution in [3.8, 4) is 34.0 Å². The smallest absolute Gasteiger partial charge is 0.417 e. The lowest BCUT2D eigenvalue weighted by molar-refractivity contribution is -0.136. The van der Waals surface area contributed by atoms with E-state index in [1.807, 2.05) is 38.1 Å². The van der Waals surface area contributed by atoms with Gasteiger partial charge in [0.25, 0.3) is 0 Å². The highest BCUT2D eigenvalue weighted by Crippen LogP contribution is 2.42. The predicted molar refractivity (Wildman–Crippen MR) is 160 cm³/mol. The van der Waals surface area contributed by atoms with Crippen LogP contribution in [0.25, 0.3) is 39.2 Å². The molecule has 6 rings (SSSR count). The van der Waals surface area contributed by atoms with Crippen LogP contribution in [0.1, 0.15) is 22.3 Å². The average molecular weight is 602 g/mol. The summed E-state index contributed by atoms with van der Waals surface area (Å²) in [7, 11) is 0. The van der Waals surface area contributed by atoms with Gasteiger partial charge in [-0.25, -0.2) is 14.1 Å². The number of alkyl halides is 3. The summed E-state index contributed by atoms with van der Waals surface area (Å²) in [4.78, 5) is 4.72. The fourth-order valence-corrected chi connectivity index (χ4v) is 5.03. The van der Waals surface area contributed by atoms with Crippen molar-refractivity contribution in [1.29, 1.82) is 0 Å². The zero-order valence-corrected chi connectivity index (χ0v) is 23.8. The van der Waals surface area contributed by atoms with E-state index < -0.39 is 17.6 Å². The van der Waals surface area contributed by atoms with E-state index in [9.17, 15) is 17.6 Å². The molecule has 9 heteroatoms. The summed E-state index contributed by atoms with van der Waals surface area (Å²) in [5.74, 6) is -0.0944. The Kier molecular flexibility index (Phi) is 7.40. The molecule has 0 saturated carbocycles. The first-order valence-electron chi connectivity index (χ1n) is 13.4. The number of hydrogen-bond donors (Lipinski definition) is 0. The molecule has 0 atom stereocenters. The number of fused-ring (bicyclic) bond motifs is 1. The maximum atomic E-state index is 14.7. The van der Waals surface area contributed by atoms with E-state index in [1.165, 1.54) is 16.8 Å². The first kappa shape index (κ1) is 28.4. The lowest BCUT2D eigenvalue weighted by Crippen LogP contribution is -2.08. The van der Waals surface area contributed by atoms with Crippen LogP contribution in [0.4, 0.5) is 17.6 Å². The molecule has 4 aromatic carbocycles. The average Bonchev–Trinajstić information content (AvgIpc) is 3.36. The molecule has 216 valence electrons. The summed E-state index contributed by atoms with van der Waals surface area (Å²) >= 11 is 6.09. The maximum absolute atomic E-state index is 14.7. The monoisotopic (exact) mass is 601 g/mol. The Morgan fingerprint density at radius 2 is 1.44 bits per heavy atom. The molecule has 0 unspecified atom stereocenters. The molecule has 0 spiro atoms. The molecule has 0 N–H and O–H groups in total. The lowest BCUT2D eigenvalue weighted by atomic mass is 10.0. The highest BCUT2D eigenvalue weighted by molar-refractivity contribution is 6.31. The highest BCUT2D eigenvalue weighted by atomic mass is 35.5. The zero-order chi connectivity index (χ0) is 30.3. The van der Waals surface area contributed by atoms with Gasteiger partial charge in [-0.05, 0) is 68.4 Å². The van der Waals surface area contributed by atoms with Crippen molar-refractivity contribution in [2.75, 3.05) is 0 Å². The van der Waals surface area contributed by atoms with Gasteiger partial charge in [-0.3, -0.25) is 0 Å². The summed E-state index contributed by atoms with van der Waals surface area (Å²) in [5, 5.41) is 4.83.